The number of fused-ring (bicyclic) bond motifs is 1. The molecular formula is C26H33N11O. The van der Waals surface area contributed by atoms with Crippen molar-refractivity contribution in [3.05, 3.63) is 48.0 Å². The van der Waals surface area contributed by atoms with E-state index in [0.29, 0.717) is 41.0 Å². The predicted octanol–water partition coefficient (Wildman–Crippen LogP) is 3.14. The Labute approximate surface area is 221 Å². The fourth-order valence-corrected chi connectivity index (χ4v) is 4.74. The second-order valence-electron chi connectivity index (χ2n) is 10.1. The summed E-state index contributed by atoms with van der Waals surface area (Å²) in [6, 6.07) is 5.28. The van der Waals surface area contributed by atoms with E-state index in [0.717, 1.165) is 29.9 Å². The van der Waals surface area contributed by atoms with E-state index in [1.807, 2.05) is 14.0 Å². The van der Waals surface area contributed by atoms with Crippen LogP contribution in [0.4, 0.5) is 29.0 Å². The van der Waals surface area contributed by atoms with Crippen LogP contribution in [0.15, 0.2) is 36.8 Å². The first-order valence-electron chi connectivity index (χ1n) is 12.6. The minimum Gasteiger partial charge on any atom is -0.384 e. The molecule has 12 heteroatoms. The maximum Gasteiger partial charge on any atom is 0.252 e. The lowest BCUT2D eigenvalue weighted by atomic mass is 10.0. The number of pyridine rings is 2. The molecule has 1 amide bonds. The Bertz CT molecular complexity index is 1480. The molecule has 0 radical (unpaired) electrons. The molecule has 0 spiro atoms. The second-order valence-corrected chi connectivity index (χ2v) is 10.1. The lowest BCUT2D eigenvalue weighted by Crippen LogP contribution is -2.43. The number of rotatable bonds is 8. The third kappa shape index (κ3) is 5.35. The first kappa shape index (κ1) is 25.3. The highest BCUT2D eigenvalue weighted by molar-refractivity contribution is 5.96. The van der Waals surface area contributed by atoms with Gasteiger partial charge in [0.2, 0.25) is 5.95 Å². The molecule has 4 aromatic rings. The normalized spacial score (nSPS) is 15.1. The van der Waals surface area contributed by atoms with E-state index in [4.69, 9.17) is 5.73 Å². The summed E-state index contributed by atoms with van der Waals surface area (Å²) in [5.41, 5.74) is 9.23. The Morgan fingerprint density at radius 2 is 2.00 bits per heavy atom. The van der Waals surface area contributed by atoms with E-state index in [1.54, 1.807) is 41.5 Å². The zero-order valence-corrected chi connectivity index (χ0v) is 22.1. The first-order valence-corrected chi connectivity index (χ1v) is 12.6. The van der Waals surface area contributed by atoms with Crippen LogP contribution in [0.1, 0.15) is 42.7 Å². The zero-order chi connectivity index (χ0) is 26.9. The summed E-state index contributed by atoms with van der Waals surface area (Å²) in [7, 11) is 1.81. The average molecular weight is 516 g/mol. The largest absolute Gasteiger partial charge is 0.384 e. The summed E-state index contributed by atoms with van der Waals surface area (Å²) in [5.74, 6) is 1.23. The smallest absolute Gasteiger partial charge is 0.252 e. The third-order valence-electron chi connectivity index (χ3n) is 6.96. The number of hydrogen-bond acceptors (Lipinski definition) is 10. The fraction of sp³-hybridized carbons (Fsp3) is 0.385. The van der Waals surface area contributed by atoms with Gasteiger partial charge in [-0.1, -0.05) is 0 Å². The first-order chi connectivity index (χ1) is 18.2. The van der Waals surface area contributed by atoms with Gasteiger partial charge in [0.1, 0.15) is 5.82 Å². The number of likely N-dealkylation sites (tertiary alicyclic amines) is 1. The highest BCUT2D eigenvalue weighted by Crippen LogP contribution is 2.28. The lowest BCUT2D eigenvalue weighted by Gasteiger charge is -2.31. The van der Waals surface area contributed by atoms with Crippen LogP contribution in [0.3, 0.4) is 0 Å². The van der Waals surface area contributed by atoms with Crippen molar-refractivity contribution in [1.29, 1.82) is 0 Å². The van der Waals surface area contributed by atoms with Gasteiger partial charge in [-0.2, -0.15) is 10.1 Å². The van der Waals surface area contributed by atoms with Crippen LogP contribution in [-0.4, -0.2) is 65.7 Å². The van der Waals surface area contributed by atoms with Gasteiger partial charge in [-0.05, 0) is 52.3 Å². The minimum absolute atomic E-state index is 0.153. The second kappa shape index (κ2) is 10.2. The lowest BCUT2D eigenvalue weighted by molar-refractivity contribution is 0.0940. The van der Waals surface area contributed by atoms with Crippen molar-refractivity contribution in [3.63, 3.8) is 0 Å². The molecule has 0 aromatic carbocycles. The van der Waals surface area contributed by atoms with Gasteiger partial charge < -0.3 is 21.7 Å². The van der Waals surface area contributed by atoms with Crippen molar-refractivity contribution >= 4 is 45.9 Å². The number of carbonyl (C=O) groups excluding carboxylic acids is 1. The van der Waals surface area contributed by atoms with E-state index in [2.05, 4.69) is 59.7 Å². The Balaban J connectivity index is 1.29. The molecule has 0 bridgehead atoms. The maximum absolute atomic E-state index is 12.9. The van der Waals surface area contributed by atoms with Crippen molar-refractivity contribution in [3.8, 4) is 0 Å². The quantitative estimate of drug-likeness (QED) is 0.275. The van der Waals surface area contributed by atoms with E-state index in [9.17, 15) is 4.79 Å². The van der Waals surface area contributed by atoms with Gasteiger partial charge in [-0.15, -0.1) is 0 Å². The van der Waals surface area contributed by atoms with E-state index in [1.165, 1.54) is 12.8 Å². The van der Waals surface area contributed by atoms with Crippen LogP contribution < -0.4 is 21.7 Å². The predicted molar refractivity (Wildman–Crippen MR) is 148 cm³/mol. The number of amides is 1. The summed E-state index contributed by atoms with van der Waals surface area (Å²) in [4.78, 5) is 32.7. The molecule has 0 aliphatic carbocycles. The molecule has 4 aromatic heterocycles. The summed E-state index contributed by atoms with van der Waals surface area (Å²) >= 11 is 0. The maximum atomic E-state index is 12.9. The average Bonchev–Trinajstić information content (AvgIpc) is 3.37. The number of aryl methyl sites for hydroxylation is 2. The number of nitrogen functional groups attached to an aromatic ring is 1. The fourth-order valence-electron chi connectivity index (χ4n) is 4.74. The topological polar surface area (TPSA) is 152 Å². The van der Waals surface area contributed by atoms with Gasteiger partial charge in [0, 0.05) is 56.0 Å². The van der Waals surface area contributed by atoms with Crippen LogP contribution >= 0.6 is 0 Å². The molecule has 1 aliphatic heterocycles. The molecule has 5 heterocycles. The standard InChI is InChI=1S/C26H33N11O/c1-16-20(12-17(14-30-16)24(38)29-9-11-37-10-5-7-26(37,2)3)33-22-19-15-31-25(34-23(19)36(4)35-22)32-18-6-8-28-21(27)13-18/h6,8,12-15H,5,7,9-11H2,1-4H3,(H,29,38)(H,33,35)(H3,27,28,31,32,34). The Morgan fingerprint density at radius 1 is 1.16 bits per heavy atom. The molecule has 1 aliphatic rings. The molecule has 5 N–H and O–H groups in total. The summed E-state index contributed by atoms with van der Waals surface area (Å²) in [5, 5.41) is 14.8. The van der Waals surface area contributed by atoms with Gasteiger partial charge in [-0.25, -0.2) is 14.6 Å². The van der Waals surface area contributed by atoms with Crippen LogP contribution in [0.2, 0.25) is 0 Å². The Kier molecular flexibility index (Phi) is 6.81. The molecule has 0 atom stereocenters. The van der Waals surface area contributed by atoms with E-state index in [-0.39, 0.29) is 11.4 Å². The summed E-state index contributed by atoms with van der Waals surface area (Å²) in [6.07, 6.45) is 7.29. The van der Waals surface area contributed by atoms with E-state index < -0.39 is 0 Å². The zero-order valence-electron chi connectivity index (χ0n) is 22.1. The number of aromatic nitrogens is 6. The van der Waals surface area contributed by atoms with Crippen LogP contribution in [-0.2, 0) is 7.05 Å². The Morgan fingerprint density at radius 3 is 2.76 bits per heavy atom. The highest BCUT2D eigenvalue weighted by atomic mass is 16.1. The molecule has 5 rings (SSSR count). The minimum atomic E-state index is -0.153. The van der Waals surface area contributed by atoms with Crippen molar-refractivity contribution in [2.24, 2.45) is 7.05 Å². The van der Waals surface area contributed by atoms with E-state index >= 15 is 0 Å². The molecule has 198 valence electrons. The van der Waals surface area contributed by atoms with Gasteiger partial charge >= 0.3 is 0 Å². The number of hydrogen-bond donors (Lipinski definition) is 4. The number of carbonyl (C=O) groups is 1. The van der Waals surface area contributed by atoms with Crippen molar-refractivity contribution in [2.75, 3.05) is 36.0 Å². The molecule has 12 nitrogen and oxygen atoms in total. The van der Waals surface area contributed by atoms with Gasteiger partial charge in [0.05, 0.1) is 22.3 Å². The summed E-state index contributed by atoms with van der Waals surface area (Å²) < 4.78 is 1.67. The molecular weight excluding hydrogens is 482 g/mol. The molecule has 0 unspecified atom stereocenters. The van der Waals surface area contributed by atoms with Crippen molar-refractivity contribution in [2.45, 2.75) is 39.2 Å². The Hall–Kier alpha value is -4.32. The number of nitrogens with two attached hydrogens (primary N) is 1. The molecule has 0 saturated carbocycles. The SMILES string of the molecule is Cc1ncc(C(=O)NCCN2CCCC2(C)C)cc1Nc1nn(C)c2nc(Nc3ccnc(N)c3)ncc12. The van der Waals surface area contributed by atoms with Crippen LogP contribution in [0, 0.1) is 6.92 Å². The van der Waals surface area contributed by atoms with Gasteiger partial charge in [-0.3, -0.25) is 14.7 Å². The monoisotopic (exact) mass is 515 g/mol. The molecule has 1 saturated heterocycles. The number of nitrogens with zero attached hydrogens (tertiary/aromatic N) is 7. The van der Waals surface area contributed by atoms with Crippen molar-refractivity contribution in [1.82, 2.24) is 39.9 Å². The highest BCUT2D eigenvalue weighted by Gasteiger charge is 2.31. The van der Waals surface area contributed by atoms with Gasteiger partial charge in [0.15, 0.2) is 11.5 Å². The number of nitrogens with one attached hydrogen (secondary N) is 3. The molecule has 38 heavy (non-hydrogen) atoms. The third-order valence-corrected chi connectivity index (χ3v) is 6.96. The molecule has 1 fully saturated rings. The van der Waals surface area contributed by atoms with Crippen LogP contribution in [0.5, 0.6) is 0 Å². The van der Waals surface area contributed by atoms with Crippen LogP contribution in [0.25, 0.3) is 11.0 Å². The van der Waals surface area contributed by atoms with Crippen molar-refractivity contribution < 1.29 is 4.79 Å². The summed E-state index contributed by atoms with van der Waals surface area (Å²) in [6.45, 7) is 8.87. The van der Waals surface area contributed by atoms with Gasteiger partial charge in [0.25, 0.3) is 5.91 Å². The number of anilines is 5.